The second-order valence-electron chi connectivity index (χ2n) is 6.77. The summed E-state index contributed by atoms with van der Waals surface area (Å²) in [5, 5.41) is 3.58. The lowest BCUT2D eigenvalue weighted by Gasteiger charge is -2.19. The molecule has 142 valence electrons. The monoisotopic (exact) mass is 405 g/mol. The van der Waals surface area contributed by atoms with Crippen molar-refractivity contribution in [1.82, 2.24) is 4.90 Å². The second kappa shape index (κ2) is 8.19. The Kier molecular flexibility index (Phi) is 5.92. The fraction of sp³-hybridized carbons (Fsp3) is 0.300. The summed E-state index contributed by atoms with van der Waals surface area (Å²) in [6.45, 7) is 5.25. The largest absolute Gasteiger partial charge is 0.325 e. The van der Waals surface area contributed by atoms with Gasteiger partial charge in [-0.25, -0.2) is 4.79 Å². The van der Waals surface area contributed by atoms with E-state index in [1.807, 2.05) is 24.3 Å². The van der Waals surface area contributed by atoms with Crippen LogP contribution in [0.2, 0.25) is 10.0 Å². The van der Waals surface area contributed by atoms with Crippen LogP contribution >= 0.6 is 23.2 Å². The van der Waals surface area contributed by atoms with Gasteiger partial charge in [-0.2, -0.15) is 0 Å². The minimum absolute atomic E-state index is 0.0394. The summed E-state index contributed by atoms with van der Waals surface area (Å²) < 4.78 is 0. The number of hydrogen-bond acceptors (Lipinski definition) is 2. The van der Waals surface area contributed by atoms with Crippen LogP contribution in [0.5, 0.6) is 0 Å². The summed E-state index contributed by atoms with van der Waals surface area (Å²) in [6.07, 6.45) is 0. The molecule has 1 fully saturated rings. The lowest BCUT2D eigenvalue weighted by molar-refractivity contribution is -0.116. The van der Waals surface area contributed by atoms with Gasteiger partial charge in [-0.1, -0.05) is 49.2 Å². The Bertz CT molecular complexity index is 853. The standard InChI is InChI=1S/C20H21Cl2N3O2/c1-13(2)14-3-6-16(7-4-14)25-10-9-24(20(25)27)12-19(26)23-18-11-15(21)5-8-17(18)22/h3-8,11,13H,9-10,12H2,1-2H3,(H,23,26). The van der Waals surface area contributed by atoms with Crippen molar-refractivity contribution in [3.8, 4) is 0 Å². The average molecular weight is 406 g/mol. The molecule has 2 aromatic rings. The van der Waals surface area contributed by atoms with Crippen molar-refractivity contribution in [3.05, 3.63) is 58.1 Å². The highest BCUT2D eigenvalue weighted by Crippen LogP contribution is 2.26. The Morgan fingerprint density at radius 3 is 2.48 bits per heavy atom. The summed E-state index contributed by atoms with van der Waals surface area (Å²) in [5.74, 6) is 0.122. The molecule has 1 aliphatic heterocycles. The van der Waals surface area contributed by atoms with Gasteiger partial charge in [0.05, 0.1) is 10.7 Å². The number of carbonyl (C=O) groups excluding carboxylic acids is 2. The van der Waals surface area contributed by atoms with E-state index in [-0.39, 0.29) is 18.5 Å². The predicted octanol–water partition coefficient (Wildman–Crippen LogP) is 5.00. The van der Waals surface area contributed by atoms with E-state index in [1.165, 1.54) is 10.5 Å². The van der Waals surface area contributed by atoms with Gasteiger partial charge in [0.15, 0.2) is 0 Å². The maximum Gasteiger partial charge on any atom is 0.325 e. The number of rotatable bonds is 5. The molecule has 1 N–H and O–H groups in total. The number of nitrogens with one attached hydrogen (secondary N) is 1. The molecule has 0 saturated carbocycles. The summed E-state index contributed by atoms with van der Waals surface area (Å²) in [5.41, 5.74) is 2.49. The van der Waals surface area contributed by atoms with E-state index in [2.05, 4.69) is 19.2 Å². The number of anilines is 2. The Labute approximate surface area is 168 Å². The lowest BCUT2D eigenvalue weighted by atomic mass is 10.0. The zero-order valence-electron chi connectivity index (χ0n) is 15.2. The van der Waals surface area contributed by atoms with Crippen molar-refractivity contribution in [2.45, 2.75) is 19.8 Å². The lowest BCUT2D eigenvalue weighted by Crippen LogP contribution is -2.37. The Balaban J connectivity index is 1.63. The van der Waals surface area contributed by atoms with Crippen LogP contribution in [0.4, 0.5) is 16.2 Å². The summed E-state index contributed by atoms with van der Waals surface area (Å²) in [6, 6.07) is 12.6. The molecule has 5 nitrogen and oxygen atoms in total. The van der Waals surface area contributed by atoms with Crippen LogP contribution in [0.1, 0.15) is 25.3 Å². The van der Waals surface area contributed by atoms with Crippen LogP contribution in [0.15, 0.2) is 42.5 Å². The molecule has 0 aromatic heterocycles. The molecule has 1 saturated heterocycles. The topological polar surface area (TPSA) is 52.6 Å². The normalized spacial score (nSPS) is 14.2. The number of nitrogens with zero attached hydrogens (tertiary/aromatic N) is 2. The highest BCUT2D eigenvalue weighted by atomic mass is 35.5. The molecule has 0 aliphatic carbocycles. The minimum Gasteiger partial charge on any atom is -0.323 e. The van der Waals surface area contributed by atoms with Crippen LogP contribution in [0, 0.1) is 0 Å². The van der Waals surface area contributed by atoms with E-state index in [0.717, 1.165) is 5.69 Å². The van der Waals surface area contributed by atoms with Crippen LogP contribution < -0.4 is 10.2 Å². The van der Waals surface area contributed by atoms with E-state index in [9.17, 15) is 9.59 Å². The van der Waals surface area contributed by atoms with Gasteiger partial charge in [0.2, 0.25) is 5.91 Å². The van der Waals surface area contributed by atoms with E-state index in [1.54, 1.807) is 23.1 Å². The number of urea groups is 1. The summed E-state index contributed by atoms with van der Waals surface area (Å²) in [7, 11) is 0. The first-order valence-corrected chi connectivity index (χ1v) is 9.52. The highest BCUT2D eigenvalue weighted by molar-refractivity contribution is 6.35. The van der Waals surface area contributed by atoms with Crippen molar-refractivity contribution >= 4 is 46.5 Å². The molecular weight excluding hydrogens is 385 g/mol. The minimum atomic E-state index is -0.315. The Morgan fingerprint density at radius 2 is 1.81 bits per heavy atom. The molecule has 0 bridgehead atoms. The van der Waals surface area contributed by atoms with Crippen LogP contribution in [0.25, 0.3) is 0 Å². The molecule has 1 aliphatic rings. The quantitative estimate of drug-likeness (QED) is 0.760. The summed E-state index contributed by atoms with van der Waals surface area (Å²) >= 11 is 12.0. The van der Waals surface area contributed by atoms with Gasteiger partial charge in [-0.3, -0.25) is 9.69 Å². The van der Waals surface area contributed by atoms with E-state index < -0.39 is 0 Å². The Hall–Kier alpha value is -2.24. The zero-order chi connectivity index (χ0) is 19.6. The van der Waals surface area contributed by atoms with Crippen molar-refractivity contribution in [3.63, 3.8) is 0 Å². The van der Waals surface area contributed by atoms with Crippen molar-refractivity contribution in [2.75, 3.05) is 29.9 Å². The molecular formula is C20H21Cl2N3O2. The van der Waals surface area contributed by atoms with Crippen LogP contribution in [-0.4, -0.2) is 36.5 Å². The maximum absolute atomic E-state index is 12.7. The SMILES string of the molecule is CC(C)c1ccc(N2CCN(CC(=O)Nc3cc(Cl)ccc3Cl)C2=O)cc1. The highest BCUT2D eigenvalue weighted by Gasteiger charge is 2.30. The maximum atomic E-state index is 12.7. The molecule has 3 rings (SSSR count). The van der Waals surface area contributed by atoms with Crippen molar-refractivity contribution in [2.24, 2.45) is 0 Å². The number of carbonyl (C=O) groups is 2. The van der Waals surface area contributed by atoms with Crippen LogP contribution in [-0.2, 0) is 4.79 Å². The van der Waals surface area contributed by atoms with Crippen molar-refractivity contribution < 1.29 is 9.59 Å². The first kappa shape index (κ1) is 19.5. The zero-order valence-corrected chi connectivity index (χ0v) is 16.7. The van der Waals surface area contributed by atoms with E-state index in [4.69, 9.17) is 23.2 Å². The predicted molar refractivity (Wildman–Crippen MR) is 110 cm³/mol. The molecule has 3 amide bonds. The molecule has 0 radical (unpaired) electrons. The average Bonchev–Trinajstić information content (AvgIpc) is 2.98. The molecule has 0 atom stereocenters. The van der Waals surface area contributed by atoms with Gasteiger partial charge >= 0.3 is 6.03 Å². The van der Waals surface area contributed by atoms with E-state index in [0.29, 0.717) is 34.7 Å². The van der Waals surface area contributed by atoms with Gasteiger partial charge in [0.25, 0.3) is 0 Å². The first-order valence-electron chi connectivity index (χ1n) is 8.76. The molecule has 7 heteroatoms. The first-order chi connectivity index (χ1) is 12.8. The Morgan fingerprint density at radius 1 is 1.11 bits per heavy atom. The molecule has 27 heavy (non-hydrogen) atoms. The van der Waals surface area contributed by atoms with Gasteiger partial charge < -0.3 is 10.2 Å². The molecule has 2 aromatic carbocycles. The smallest absolute Gasteiger partial charge is 0.323 e. The third-order valence-electron chi connectivity index (χ3n) is 4.50. The summed E-state index contributed by atoms with van der Waals surface area (Å²) in [4.78, 5) is 28.2. The number of benzene rings is 2. The third kappa shape index (κ3) is 4.54. The molecule has 1 heterocycles. The number of amides is 3. The number of halogens is 2. The van der Waals surface area contributed by atoms with Crippen molar-refractivity contribution in [1.29, 1.82) is 0 Å². The van der Waals surface area contributed by atoms with Crippen LogP contribution in [0.3, 0.4) is 0 Å². The second-order valence-corrected chi connectivity index (χ2v) is 7.62. The van der Waals surface area contributed by atoms with E-state index >= 15 is 0 Å². The fourth-order valence-corrected chi connectivity index (χ4v) is 3.30. The van der Waals surface area contributed by atoms with Gasteiger partial charge in [-0.15, -0.1) is 0 Å². The van der Waals surface area contributed by atoms with Gasteiger partial charge in [0.1, 0.15) is 6.54 Å². The molecule has 0 unspecified atom stereocenters. The fourth-order valence-electron chi connectivity index (χ4n) is 2.96. The van der Waals surface area contributed by atoms with Gasteiger partial charge in [0, 0.05) is 23.8 Å². The molecule has 0 spiro atoms. The number of hydrogen-bond donors (Lipinski definition) is 1. The third-order valence-corrected chi connectivity index (χ3v) is 5.07. The van der Waals surface area contributed by atoms with Gasteiger partial charge in [-0.05, 0) is 41.8 Å².